The summed E-state index contributed by atoms with van der Waals surface area (Å²) in [5, 5.41) is 2.65. The van der Waals surface area contributed by atoms with Crippen LogP contribution in [0.25, 0.3) is 0 Å². The summed E-state index contributed by atoms with van der Waals surface area (Å²) in [6, 6.07) is 9.78. The Hall–Kier alpha value is -1.93. The number of sulfonamides is 1. The molecule has 0 radical (unpaired) electrons. The quantitative estimate of drug-likeness (QED) is 0.748. The molecule has 1 fully saturated rings. The molecule has 1 aromatic rings. The van der Waals surface area contributed by atoms with Gasteiger partial charge in [-0.3, -0.25) is 9.59 Å². The van der Waals surface area contributed by atoms with Crippen LogP contribution in [0.1, 0.15) is 17.9 Å². The smallest absolute Gasteiger partial charge is 0.239 e. The average Bonchev–Trinajstić information content (AvgIpc) is 2.88. The molecule has 0 bridgehead atoms. The first kappa shape index (κ1) is 18.4. The predicted molar refractivity (Wildman–Crippen MR) is 90.9 cm³/mol. The molecule has 2 amide bonds. The van der Waals surface area contributed by atoms with Crippen molar-refractivity contribution in [2.45, 2.75) is 12.3 Å². The van der Waals surface area contributed by atoms with Gasteiger partial charge in [0, 0.05) is 39.0 Å². The van der Waals surface area contributed by atoms with Crippen molar-refractivity contribution < 1.29 is 18.0 Å². The second kappa shape index (κ2) is 7.76. The lowest BCUT2D eigenvalue weighted by Crippen LogP contribution is -2.41. The molecule has 1 saturated heterocycles. The molecular weight excluding hydrogens is 330 g/mol. The van der Waals surface area contributed by atoms with Crippen LogP contribution in [0.4, 0.5) is 0 Å². The van der Waals surface area contributed by atoms with Gasteiger partial charge in [0.15, 0.2) is 0 Å². The Labute approximate surface area is 142 Å². The summed E-state index contributed by atoms with van der Waals surface area (Å²) >= 11 is 0. The van der Waals surface area contributed by atoms with Crippen molar-refractivity contribution in [2.75, 3.05) is 39.5 Å². The van der Waals surface area contributed by atoms with Gasteiger partial charge in [-0.2, -0.15) is 0 Å². The molecule has 1 heterocycles. The number of benzene rings is 1. The van der Waals surface area contributed by atoms with Crippen molar-refractivity contribution in [3.05, 3.63) is 35.9 Å². The predicted octanol–water partition coefficient (Wildman–Crippen LogP) is 0.0101. The maximum atomic E-state index is 12.1. The highest BCUT2D eigenvalue weighted by atomic mass is 32.2. The molecule has 0 unspecified atom stereocenters. The third kappa shape index (κ3) is 5.04. The summed E-state index contributed by atoms with van der Waals surface area (Å²) in [4.78, 5) is 25.6. The normalized spacial score (nSPS) is 18.2. The van der Waals surface area contributed by atoms with Crippen molar-refractivity contribution in [3.8, 4) is 0 Å². The van der Waals surface area contributed by atoms with Crippen LogP contribution in [0.15, 0.2) is 30.3 Å². The monoisotopic (exact) mass is 353 g/mol. The van der Waals surface area contributed by atoms with E-state index in [1.807, 2.05) is 30.3 Å². The van der Waals surface area contributed by atoms with E-state index < -0.39 is 10.0 Å². The summed E-state index contributed by atoms with van der Waals surface area (Å²) in [6.07, 6.45) is 1.52. The minimum atomic E-state index is -3.25. The lowest BCUT2D eigenvalue weighted by molar-refractivity contribution is -0.133. The molecule has 7 nitrogen and oxygen atoms in total. The Kier molecular flexibility index (Phi) is 5.95. The molecule has 8 heteroatoms. The number of amides is 2. The topological polar surface area (TPSA) is 86.8 Å². The maximum Gasteiger partial charge on any atom is 0.239 e. The van der Waals surface area contributed by atoms with E-state index in [0.717, 1.165) is 11.8 Å². The SMILES string of the molecule is CN(CCNC(=O)CN1C[C@@H](c2ccccc2)CC1=O)S(C)(=O)=O. The molecule has 2 rings (SSSR count). The Morgan fingerprint density at radius 1 is 1.33 bits per heavy atom. The van der Waals surface area contributed by atoms with Crippen LogP contribution in [0.5, 0.6) is 0 Å². The summed E-state index contributed by atoms with van der Waals surface area (Å²) < 4.78 is 23.7. The molecule has 1 aliphatic rings. The fraction of sp³-hybridized carbons (Fsp3) is 0.500. The summed E-state index contributed by atoms with van der Waals surface area (Å²) in [5.74, 6) is -0.200. The highest BCUT2D eigenvalue weighted by Gasteiger charge is 2.31. The number of hydrogen-bond acceptors (Lipinski definition) is 4. The van der Waals surface area contributed by atoms with Crippen LogP contribution >= 0.6 is 0 Å². The van der Waals surface area contributed by atoms with Gasteiger partial charge in [0.1, 0.15) is 0 Å². The van der Waals surface area contributed by atoms with E-state index in [1.165, 1.54) is 11.4 Å². The van der Waals surface area contributed by atoms with Crippen molar-refractivity contribution in [2.24, 2.45) is 0 Å². The fourth-order valence-electron chi connectivity index (χ4n) is 2.62. The van der Waals surface area contributed by atoms with Crippen LogP contribution in [0, 0.1) is 0 Å². The van der Waals surface area contributed by atoms with E-state index in [9.17, 15) is 18.0 Å². The van der Waals surface area contributed by atoms with Gasteiger partial charge in [-0.1, -0.05) is 30.3 Å². The molecule has 1 atom stereocenters. The highest BCUT2D eigenvalue weighted by molar-refractivity contribution is 7.88. The number of likely N-dealkylation sites (tertiary alicyclic amines) is 1. The summed E-state index contributed by atoms with van der Waals surface area (Å²) in [7, 11) is -1.80. The molecule has 1 aliphatic heterocycles. The minimum absolute atomic E-state index is 0.00472. The van der Waals surface area contributed by atoms with Crippen molar-refractivity contribution in [1.82, 2.24) is 14.5 Å². The fourth-order valence-corrected chi connectivity index (χ4v) is 3.04. The number of carbonyl (C=O) groups is 2. The second-order valence-corrected chi connectivity index (χ2v) is 8.11. The maximum absolute atomic E-state index is 12.1. The standard InChI is InChI=1S/C16H23N3O4S/c1-18(24(2,22)23)9-8-17-15(20)12-19-11-14(10-16(19)21)13-6-4-3-5-7-13/h3-7,14H,8-12H2,1-2H3,(H,17,20)/t14-/m0/s1. The van der Waals surface area contributed by atoms with Gasteiger partial charge in [0.05, 0.1) is 12.8 Å². The largest absolute Gasteiger partial charge is 0.353 e. The Morgan fingerprint density at radius 3 is 2.62 bits per heavy atom. The Bertz CT molecular complexity index is 691. The highest BCUT2D eigenvalue weighted by Crippen LogP contribution is 2.27. The van der Waals surface area contributed by atoms with Crippen molar-refractivity contribution in [3.63, 3.8) is 0 Å². The van der Waals surface area contributed by atoms with Gasteiger partial charge in [0.25, 0.3) is 0 Å². The van der Waals surface area contributed by atoms with E-state index >= 15 is 0 Å². The lowest BCUT2D eigenvalue weighted by atomic mass is 9.99. The number of carbonyl (C=O) groups excluding carboxylic acids is 2. The Balaban J connectivity index is 1.79. The molecule has 0 saturated carbocycles. The summed E-state index contributed by atoms with van der Waals surface area (Å²) in [6.45, 7) is 0.946. The van der Waals surface area contributed by atoms with Gasteiger partial charge in [0.2, 0.25) is 21.8 Å². The van der Waals surface area contributed by atoms with Gasteiger partial charge >= 0.3 is 0 Å². The zero-order valence-electron chi connectivity index (χ0n) is 13.9. The van der Waals surface area contributed by atoms with Crippen molar-refractivity contribution in [1.29, 1.82) is 0 Å². The molecule has 0 aromatic heterocycles. The Morgan fingerprint density at radius 2 is 2.00 bits per heavy atom. The number of nitrogens with zero attached hydrogens (tertiary/aromatic N) is 2. The molecule has 132 valence electrons. The van der Waals surface area contributed by atoms with Crippen LogP contribution in [-0.4, -0.2) is 68.9 Å². The van der Waals surface area contributed by atoms with Gasteiger partial charge in [-0.25, -0.2) is 12.7 Å². The van der Waals surface area contributed by atoms with Crippen LogP contribution < -0.4 is 5.32 Å². The van der Waals surface area contributed by atoms with Gasteiger partial charge < -0.3 is 10.2 Å². The zero-order chi connectivity index (χ0) is 17.7. The van der Waals surface area contributed by atoms with E-state index in [1.54, 1.807) is 4.90 Å². The molecule has 0 aliphatic carbocycles. The molecule has 1 aromatic carbocycles. The molecule has 1 N–H and O–H groups in total. The van der Waals surface area contributed by atoms with E-state index in [0.29, 0.717) is 13.0 Å². The van der Waals surface area contributed by atoms with Crippen LogP contribution in [0.3, 0.4) is 0 Å². The number of likely N-dealkylation sites (N-methyl/N-ethyl adjacent to an activating group) is 1. The number of nitrogens with one attached hydrogen (secondary N) is 1. The number of hydrogen-bond donors (Lipinski definition) is 1. The third-order valence-electron chi connectivity index (χ3n) is 4.13. The second-order valence-electron chi connectivity index (χ2n) is 6.02. The van der Waals surface area contributed by atoms with Crippen molar-refractivity contribution >= 4 is 21.8 Å². The summed E-state index contributed by atoms with van der Waals surface area (Å²) in [5.41, 5.74) is 1.10. The van der Waals surface area contributed by atoms with E-state index in [2.05, 4.69) is 5.32 Å². The molecular formula is C16H23N3O4S. The molecule has 0 spiro atoms. The van der Waals surface area contributed by atoms with Crippen LogP contribution in [-0.2, 0) is 19.6 Å². The average molecular weight is 353 g/mol. The molecule has 24 heavy (non-hydrogen) atoms. The van der Waals surface area contributed by atoms with Crippen LogP contribution in [0.2, 0.25) is 0 Å². The van der Waals surface area contributed by atoms with Gasteiger partial charge in [-0.05, 0) is 5.56 Å². The van der Waals surface area contributed by atoms with E-state index in [4.69, 9.17) is 0 Å². The minimum Gasteiger partial charge on any atom is -0.353 e. The first-order valence-corrected chi connectivity index (χ1v) is 9.63. The first-order chi connectivity index (χ1) is 11.3. The first-order valence-electron chi connectivity index (χ1n) is 7.78. The van der Waals surface area contributed by atoms with Gasteiger partial charge in [-0.15, -0.1) is 0 Å². The van der Waals surface area contributed by atoms with E-state index in [-0.39, 0.29) is 37.4 Å². The third-order valence-corrected chi connectivity index (χ3v) is 5.45. The lowest BCUT2D eigenvalue weighted by Gasteiger charge is -2.18. The zero-order valence-corrected chi connectivity index (χ0v) is 14.8. The number of rotatable bonds is 7.